The standard InChI is InChI=1S/C22H32N4O4/c1-4-29-18-12-16-6-9-25(14-17(16)13-19(18)30-5-2)15-26-20(27)22(23-21(26)28)7-10-24(3)11-8-22/h12-13H,4-11,14-15H2,1-3H3,(H,23,28). The number of rotatable bonds is 6. The molecule has 2 fully saturated rings. The summed E-state index contributed by atoms with van der Waals surface area (Å²) in [5, 5.41) is 2.99. The number of hydrogen-bond acceptors (Lipinski definition) is 6. The van der Waals surface area contributed by atoms with Gasteiger partial charge in [0.2, 0.25) is 0 Å². The van der Waals surface area contributed by atoms with E-state index in [9.17, 15) is 9.59 Å². The molecule has 8 nitrogen and oxygen atoms in total. The van der Waals surface area contributed by atoms with Gasteiger partial charge in [0, 0.05) is 26.2 Å². The largest absolute Gasteiger partial charge is 0.490 e. The molecule has 30 heavy (non-hydrogen) atoms. The lowest BCUT2D eigenvalue weighted by atomic mass is 9.88. The molecule has 2 saturated heterocycles. The van der Waals surface area contributed by atoms with Crippen molar-refractivity contribution < 1.29 is 19.1 Å². The van der Waals surface area contributed by atoms with Gasteiger partial charge in [0.1, 0.15) is 5.54 Å². The van der Waals surface area contributed by atoms with Crippen LogP contribution in [0.2, 0.25) is 0 Å². The number of hydrogen-bond donors (Lipinski definition) is 1. The quantitative estimate of drug-likeness (QED) is 0.713. The van der Waals surface area contributed by atoms with Crippen molar-refractivity contribution in [1.82, 2.24) is 20.0 Å². The Labute approximate surface area is 178 Å². The number of fused-ring (bicyclic) bond motifs is 1. The lowest BCUT2D eigenvalue weighted by molar-refractivity contribution is -0.134. The minimum Gasteiger partial charge on any atom is -0.490 e. The molecule has 8 heteroatoms. The zero-order valence-corrected chi connectivity index (χ0v) is 18.2. The molecule has 164 valence electrons. The monoisotopic (exact) mass is 416 g/mol. The molecule has 3 aliphatic heterocycles. The van der Waals surface area contributed by atoms with E-state index in [1.165, 1.54) is 10.5 Å². The number of carbonyl (C=O) groups is 2. The van der Waals surface area contributed by atoms with Gasteiger partial charge in [-0.15, -0.1) is 0 Å². The number of likely N-dealkylation sites (tertiary alicyclic amines) is 1. The summed E-state index contributed by atoms with van der Waals surface area (Å²) >= 11 is 0. The Morgan fingerprint density at radius 3 is 2.27 bits per heavy atom. The number of nitrogens with zero attached hydrogens (tertiary/aromatic N) is 3. The van der Waals surface area contributed by atoms with Crippen LogP contribution in [0, 0.1) is 0 Å². The van der Waals surface area contributed by atoms with Crippen molar-refractivity contribution in [3.05, 3.63) is 23.3 Å². The van der Waals surface area contributed by atoms with E-state index in [1.54, 1.807) is 0 Å². The van der Waals surface area contributed by atoms with Gasteiger partial charge in [0.25, 0.3) is 5.91 Å². The van der Waals surface area contributed by atoms with E-state index >= 15 is 0 Å². The normalized spacial score (nSPS) is 21.6. The average molecular weight is 417 g/mol. The fraction of sp³-hybridized carbons (Fsp3) is 0.636. The molecule has 3 amide bonds. The van der Waals surface area contributed by atoms with Crippen molar-refractivity contribution in [1.29, 1.82) is 0 Å². The first-order valence-electron chi connectivity index (χ1n) is 10.9. The highest BCUT2D eigenvalue weighted by Crippen LogP contribution is 2.34. The van der Waals surface area contributed by atoms with Crippen LogP contribution in [0.4, 0.5) is 4.79 Å². The van der Waals surface area contributed by atoms with Crippen molar-refractivity contribution in [3.63, 3.8) is 0 Å². The van der Waals surface area contributed by atoms with E-state index in [1.807, 2.05) is 27.0 Å². The van der Waals surface area contributed by atoms with Gasteiger partial charge in [-0.25, -0.2) is 9.69 Å². The van der Waals surface area contributed by atoms with Crippen LogP contribution in [-0.2, 0) is 17.8 Å². The van der Waals surface area contributed by atoms with Gasteiger partial charge < -0.3 is 19.7 Å². The molecule has 0 bridgehead atoms. The molecule has 3 heterocycles. The fourth-order valence-electron chi connectivity index (χ4n) is 4.62. The molecule has 0 saturated carbocycles. The summed E-state index contributed by atoms with van der Waals surface area (Å²) in [6.45, 7) is 8.51. The predicted molar refractivity (Wildman–Crippen MR) is 113 cm³/mol. The SMILES string of the molecule is CCOc1cc2c(cc1OCC)CN(CN1C(=O)NC3(CCN(C)CC3)C1=O)CC2. The van der Waals surface area contributed by atoms with Gasteiger partial charge in [-0.2, -0.15) is 0 Å². The van der Waals surface area contributed by atoms with Crippen molar-refractivity contribution in [2.75, 3.05) is 46.6 Å². The number of amides is 3. The molecule has 1 aromatic rings. The van der Waals surface area contributed by atoms with Crippen LogP contribution in [0.3, 0.4) is 0 Å². The Morgan fingerprint density at radius 2 is 1.63 bits per heavy atom. The second-order valence-electron chi connectivity index (χ2n) is 8.43. The Balaban J connectivity index is 1.47. The van der Waals surface area contributed by atoms with Crippen LogP contribution < -0.4 is 14.8 Å². The zero-order chi connectivity index (χ0) is 21.3. The smallest absolute Gasteiger partial charge is 0.326 e. The van der Waals surface area contributed by atoms with Crippen molar-refractivity contribution in [2.45, 2.75) is 45.2 Å². The lowest BCUT2D eigenvalue weighted by Crippen LogP contribution is -2.54. The molecule has 1 aromatic carbocycles. The third-order valence-corrected chi connectivity index (χ3v) is 6.38. The summed E-state index contributed by atoms with van der Waals surface area (Å²) in [6, 6.07) is 3.85. The number of benzene rings is 1. The summed E-state index contributed by atoms with van der Waals surface area (Å²) in [5.41, 5.74) is 1.68. The Kier molecular flexibility index (Phi) is 5.88. The van der Waals surface area contributed by atoms with Crippen molar-refractivity contribution in [2.24, 2.45) is 0 Å². The third kappa shape index (κ3) is 3.86. The van der Waals surface area contributed by atoms with Crippen molar-refractivity contribution in [3.8, 4) is 11.5 Å². The first kappa shape index (κ1) is 20.9. The molecular weight excluding hydrogens is 384 g/mol. The van der Waals surface area contributed by atoms with E-state index in [4.69, 9.17) is 9.47 Å². The van der Waals surface area contributed by atoms with E-state index in [0.717, 1.165) is 43.1 Å². The van der Waals surface area contributed by atoms with Crippen LogP contribution in [0.25, 0.3) is 0 Å². The maximum atomic E-state index is 13.1. The number of ether oxygens (including phenoxy) is 2. The number of nitrogens with one attached hydrogen (secondary N) is 1. The van der Waals surface area contributed by atoms with E-state index in [2.05, 4.69) is 21.2 Å². The minimum atomic E-state index is -0.716. The molecule has 1 spiro atoms. The fourth-order valence-corrected chi connectivity index (χ4v) is 4.62. The van der Waals surface area contributed by atoms with Crippen LogP contribution in [-0.4, -0.2) is 78.7 Å². The number of carbonyl (C=O) groups excluding carboxylic acids is 2. The maximum absolute atomic E-state index is 13.1. The molecule has 0 aromatic heterocycles. The lowest BCUT2D eigenvalue weighted by Gasteiger charge is -2.36. The molecule has 3 aliphatic rings. The minimum absolute atomic E-state index is 0.0758. The van der Waals surface area contributed by atoms with Crippen molar-refractivity contribution >= 4 is 11.9 Å². The van der Waals surface area contributed by atoms with Crippen LogP contribution >= 0.6 is 0 Å². The Morgan fingerprint density at radius 1 is 1.00 bits per heavy atom. The highest BCUT2D eigenvalue weighted by atomic mass is 16.5. The van der Waals surface area contributed by atoms with Gasteiger partial charge >= 0.3 is 6.03 Å². The van der Waals surface area contributed by atoms with E-state index in [-0.39, 0.29) is 11.9 Å². The second kappa shape index (κ2) is 8.43. The number of piperidine rings is 1. The predicted octanol–water partition coefficient (Wildman–Crippen LogP) is 1.82. The van der Waals surface area contributed by atoms with Crippen LogP contribution in [0.15, 0.2) is 12.1 Å². The molecular formula is C22H32N4O4. The average Bonchev–Trinajstić information content (AvgIpc) is 2.95. The molecule has 0 unspecified atom stereocenters. The van der Waals surface area contributed by atoms with Crippen LogP contribution in [0.1, 0.15) is 37.8 Å². The number of imide groups is 1. The summed E-state index contributed by atoms with van der Waals surface area (Å²) in [6.07, 6.45) is 2.19. The van der Waals surface area contributed by atoms with Gasteiger partial charge in [-0.3, -0.25) is 9.69 Å². The molecule has 0 atom stereocenters. The maximum Gasteiger partial charge on any atom is 0.326 e. The molecule has 1 N–H and O–H groups in total. The highest BCUT2D eigenvalue weighted by molar-refractivity contribution is 6.07. The Hall–Kier alpha value is -2.32. The second-order valence-corrected chi connectivity index (χ2v) is 8.43. The Bertz CT molecular complexity index is 820. The summed E-state index contributed by atoms with van der Waals surface area (Å²) in [5.74, 6) is 1.46. The zero-order valence-electron chi connectivity index (χ0n) is 18.2. The molecule has 0 aliphatic carbocycles. The summed E-state index contributed by atoms with van der Waals surface area (Å²) < 4.78 is 11.5. The van der Waals surface area contributed by atoms with Crippen LogP contribution in [0.5, 0.6) is 11.5 Å². The summed E-state index contributed by atoms with van der Waals surface area (Å²) in [4.78, 5) is 31.5. The first-order valence-corrected chi connectivity index (χ1v) is 10.9. The van der Waals surface area contributed by atoms with Gasteiger partial charge in [-0.05, 0) is 63.4 Å². The third-order valence-electron chi connectivity index (χ3n) is 6.38. The molecule has 4 rings (SSSR count). The first-order chi connectivity index (χ1) is 14.5. The van der Waals surface area contributed by atoms with Gasteiger partial charge in [0.05, 0.1) is 19.9 Å². The van der Waals surface area contributed by atoms with E-state index < -0.39 is 5.54 Å². The molecule has 0 radical (unpaired) electrons. The summed E-state index contributed by atoms with van der Waals surface area (Å²) in [7, 11) is 2.05. The van der Waals surface area contributed by atoms with Gasteiger partial charge in [0.15, 0.2) is 11.5 Å². The highest BCUT2D eigenvalue weighted by Gasteiger charge is 2.52. The van der Waals surface area contributed by atoms with Gasteiger partial charge in [-0.1, -0.05) is 0 Å². The number of urea groups is 1. The topological polar surface area (TPSA) is 74.4 Å². The van der Waals surface area contributed by atoms with E-state index in [0.29, 0.717) is 39.3 Å².